The molecule has 2 aliphatic rings. The number of aliphatic hydroxyl groups is 1. The number of benzene rings is 1. The first-order valence-electron chi connectivity index (χ1n) is 6.97. The minimum atomic E-state index is -0.828. The molecule has 98 valence electrons. The molecule has 2 fully saturated rings. The second-order valence-corrected chi connectivity index (χ2v) is 5.78. The Kier molecular flexibility index (Phi) is 2.41. The summed E-state index contributed by atoms with van der Waals surface area (Å²) in [4.78, 5) is 4.49. The first kappa shape index (κ1) is 11.4. The van der Waals surface area contributed by atoms with Crippen molar-refractivity contribution in [1.29, 1.82) is 0 Å². The van der Waals surface area contributed by atoms with Crippen LogP contribution in [0, 0.1) is 0 Å². The lowest BCUT2D eigenvalue weighted by molar-refractivity contribution is -0.116. The zero-order chi connectivity index (χ0) is 12.9. The molecule has 19 heavy (non-hydrogen) atoms. The van der Waals surface area contributed by atoms with Gasteiger partial charge in [0.15, 0.2) is 0 Å². The lowest BCUT2D eigenvalue weighted by atomic mass is 9.84. The number of pyridine rings is 1. The summed E-state index contributed by atoms with van der Waals surface area (Å²) in [6.45, 7) is 0. The van der Waals surface area contributed by atoms with E-state index in [0.717, 1.165) is 29.3 Å². The van der Waals surface area contributed by atoms with Crippen LogP contribution in [0.25, 0.3) is 10.8 Å². The van der Waals surface area contributed by atoms with Gasteiger partial charge >= 0.3 is 0 Å². The Bertz CT molecular complexity index is 608. The summed E-state index contributed by atoms with van der Waals surface area (Å²) in [6.07, 6.45) is 5.67. The van der Waals surface area contributed by atoms with Crippen molar-refractivity contribution in [2.24, 2.45) is 0 Å². The van der Waals surface area contributed by atoms with Gasteiger partial charge in [0.25, 0.3) is 0 Å². The van der Waals surface area contributed by atoms with Crippen molar-refractivity contribution in [2.45, 2.75) is 43.5 Å². The van der Waals surface area contributed by atoms with E-state index in [2.05, 4.69) is 11.1 Å². The van der Waals surface area contributed by atoms with Gasteiger partial charge in [0, 0.05) is 24.4 Å². The van der Waals surface area contributed by atoms with Gasteiger partial charge in [-0.25, -0.2) is 0 Å². The maximum atomic E-state index is 11.1. The lowest BCUT2D eigenvalue weighted by Crippen LogP contribution is -2.39. The fourth-order valence-electron chi connectivity index (χ4n) is 3.60. The fraction of sp³-hybridized carbons (Fsp3) is 0.438. The minimum Gasteiger partial charge on any atom is -0.383 e. The monoisotopic (exact) mass is 255 g/mol. The molecule has 3 heterocycles. The molecule has 0 amide bonds. The normalized spacial score (nSPS) is 33.7. The Morgan fingerprint density at radius 1 is 1.11 bits per heavy atom. The van der Waals surface area contributed by atoms with Gasteiger partial charge in [-0.3, -0.25) is 4.98 Å². The molecular formula is C16H17NO2. The Morgan fingerprint density at radius 2 is 1.84 bits per heavy atom. The van der Waals surface area contributed by atoms with Gasteiger partial charge in [-0.05, 0) is 24.3 Å². The van der Waals surface area contributed by atoms with Crippen LogP contribution in [-0.2, 0) is 10.3 Å². The zero-order valence-electron chi connectivity index (χ0n) is 10.7. The molecule has 1 N–H and O–H groups in total. The van der Waals surface area contributed by atoms with Crippen molar-refractivity contribution < 1.29 is 9.84 Å². The number of ether oxygens (including phenoxy) is 1. The molecule has 3 heteroatoms. The molecule has 2 saturated heterocycles. The van der Waals surface area contributed by atoms with Crippen LogP contribution in [0.1, 0.15) is 31.4 Å². The largest absolute Gasteiger partial charge is 0.383 e. The molecule has 2 aliphatic heterocycles. The summed E-state index contributed by atoms with van der Waals surface area (Å²) in [7, 11) is 0. The quantitative estimate of drug-likeness (QED) is 0.852. The molecule has 2 aromatic rings. The average molecular weight is 255 g/mol. The van der Waals surface area contributed by atoms with E-state index in [1.165, 1.54) is 0 Å². The van der Waals surface area contributed by atoms with E-state index in [9.17, 15) is 5.11 Å². The summed E-state index contributed by atoms with van der Waals surface area (Å²) in [6, 6.07) is 10.1. The standard InChI is InChI=1S/C16H17NO2/c18-16(9-12-5-6-13(10-16)19-12)15-14-4-2-1-3-11(14)7-8-17-15/h1-4,7-8,12-13,18H,5-6,9-10H2. The SMILES string of the molecule is OC1(c2nccc3ccccc23)CC2CCC(C1)O2. The van der Waals surface area contributed by atoms with E-state index in [-0.39, 0.29) is 12.2 Å². The molecular weight excluding hydrogens is 238 g/mol. The van der Waals surface area contributed by atoms with Crippen molar-refractivity contribution in [3.63, 3.8) is 0 Å². The van der Waals surface area contributed by atoms with Gasteiger partial charge in [-0.15, -0.1) is 0 Å². The number of hydrogen-bond donors (Lipinski definition) is 1. The third-order valence-corrected chi connectivity index (χ3v) is 4.44. The summed E-state index contributed by atoms with van der Waals surface area (Å²) in [5.74, 6) is 0. The number of hydrogen-bond acceptors (Lipinski definition) is 3. The van der Waals surface area contributed by atoms with E-state index in [1.807, 2.05) is 24.3 Å². The van der Waals surface area contributed by atoms with Gasteiger partial charge in [0.1, 0.15) is 5.60 Å². The number of rotatable bonds is 1. The van der Waals surface area contributed by atoms with Gasteiger partial charge in [0.05, 0.1) is 17.9 Å². The van der Waals surface area contributed by atoms with Crippen molar-refractivity contribution in [2.75, 3.05) is 0 Å². The maximum absolute atomic E-state index is 11.1. The van der Waals surface area contributed by atoms with Crippen molar-refractivity contribution in [3.8, 4) is 0 Å². The van der Waals surface area contributed by atoms with Crippen molar-refractivity contribution >= 4 is 10.8 Å². The number of fused-ring (bicyclic) bond motifs is 3. The predicted octanol–water partition coefficient (Wildman–Crippen LogP) is 2.76. The highest BCUT2D eigenvalue weighted by Crippen LogP contribution is 2.44. The third kappa shape index (κ3) is 1.77. The predicted molar refractivity (Wildman–Crippen MR) is 72.8 cm³/mol. The highest BCUT2D eigenvalue weighted by molar-refractivity contribution is 5.85. The van der Waals surface area contributed by atoms with Crippen molar-refractivity contribution in [1.82, 2.24) is 4.98 Å². The lowest BCUT2D eigenvalue weighted by Gasteiger charge is -2.36. The summed E-state index contributed by atoms with van der Waals surface area (Å²) in [5.41, 5.74) is -0.00361. The first-order chi connectivity index (χ1) is 9.24. The van der Waals surface area contributed by atoms with Crippen LogP contribution in [0.3, 0.4) is 0 Å². The Morgan fingerprint density at radius 3 is 2.63 bits per heavy atom. The fourth-order valence-corrected chi connectivity index (χ4v) is 3.60. The zero-order valence-corrected chi connectivity index (χ0v) is 10.7. The first-order valence-corrected chi connectivity index (χ1v) is 6.97. The van der Waals surface area contributed by atoms with E-state index >= 15 is 0 Å². The summed E-state index contributed by atoms with van der Waals surface area (Å²) < 4.78 is 5.84. The number of nitrogens with zero attached hydrogens (tertiary/aromatic N) is 1. The Balaban J connectivity index is 1.85. The van der Waals surface area contributed by atoms with E-state index in [0.29, 0.717) is 12.8 Å². The highest BCUT2D eigenvalue weighted by atomic mass is 16.5. The van der Waals surface area contributed by atoms with Crippen LogP contribution in [0.15, 0.2) is 36.5 Å². The molecule has 0 radical (unpaired) electrons. The van der Waals surface area contributed by atoms with Crippen LogP contribution < -0.4 is 0 Å². The minimum absolute atomic E-state index is 0.199. The molecule has 2 unspecified atom stereocenters. The van der Waals surface area contributed by atoms with Crippen molar-refractivity contribution in [3.05, 3.63) is 42.2 Å². The maximum Gasteiger partial charge on any atom is 0.112 e. The van der Waals surface area contributed by atoms with Crippen LogP contribution in [0.2, 0.25) is 0 Å². The molecule has 0 saturated carbocycles. The molecule has 1 aromatic carbocycles. The van der Waals surface area contributed by atoms with E-state index in [1.54, 1.807) is 6.20 Å². The second kappa shape index (κ2) is 4.02. The van der Waals surface area contributed by atoms with Gasteiger partial charge in [-0.1, -0.05) is 24.3 Å². The Labute approximate surface area is 112 Å². The third-order valence-electron chi connectivity index (χ3n) is 4.44. The topological polar surface area (TPSA) is 42.4 Å². The van der Waals surface area contributed by atoms with Crippen LogP contribution >= 0.6 is 0 Å². The molecule has 1 aromatic heterocycles. The molecule has 2 bridgehead atoms. The van der Waals surface area contributed by atoms with Gasteiger partial charge < -0.3 is 9.84 Å². The molecule has 0 spiro atoms. The molecule has 4 rings (SSSR count). The molecule has 3 nitrogen and oxygen atoms in total. The second-order valence-electron chi connectivity index (χ2n) is 5.78. The van der Waals surface area contributed by atoms with Crippen LogP contribution in [0.4, 0.5) is 0 Å². The Hall–Kier alpha value is -1.45. The highest BCUT2D eigenvalue weighted by Gasteiger charge is 2.46. The van der Waals surface area contributed by atoms with Crippen LogP contribution in [-0.4, -0.2) is 22.3 Å². The van der Waals surface area contributed by atoms with Crippen LogP contribution in [0.5, 0.6) is 0 Å². The molecule has 0 aliphatic carbocycles. The molecule has 2 atom stereocenters. The van der Waals surface area contributed by atoms with Gasteiger partial charge in [-0.2, -0.15) is 0 Å². The summed E-state index contributed by atoms with van der Waals surface area (Å²) >= 11 is 0. The average Bonchev–Trinajstić information content (AvgIpc) is 2.78. The number of aromatic nitrogens is 1. The van der Waals surface area contributed by atoms with E-state index in [4.69, 9.17) is 4.74 Å². The summed E-state index contributed by atoms with van der Waals surface area (Å²) in [5, 5.41) is 13.3. The van der Waals surface area contributed by atoms with E-state index < -0.39 is 5.60 Å². The smallest absolute Gasteiger partial charge is 0.112 e. The van der Waals surface area contributed by atoms with Gasteiger partial charge in [0.2, 0.25) is 0 Å².